The van der Waals surface area contributed by atoms with Gasteiger partial charge in [0.25, 0.3) is 0 Å². The monoisotopic (exact) mass is 636 g/mol. The van der Waals surface area contributed by atoms with Gasteiger partial charge in [0, 0.05) is 0 Å². The van der Waals surface area contributed by atoms with Crippen molar-refractivity contribution in [3.8, 4) is 11.5 Å². The zero-order chi connectivity index (χ0) is 33.3. The highest BCUT2D eigenvalue weighted by Crippen LogP contribution is 2.26. The van der Waals surface area contributed by atoms with Crippen molar-refractivity contribution in [2.75, 3.05) is 26.4 Å². The summed E-state index contributed by atoms with van der Waals surface area (Å²) in [5, 5.41) is 1.48. The molecule has 244 valence electrons. The molecule has 0 spiro atoms. The van der Waals surface area contributed by atoms with E-state index < -0.39 is 61.6 Å². The van der Waals surface area contributed by atoms with Crippen LogP contribution in [0.2, 0.25) is 0 Å². The van der Waals surface area contributed by atoms with Gasteiger partial charge >= 0.3 is 35.8 Å². The van der Waals surface area contributed by atoms with Gasteiger partial charge in [-0.05, 0) is 53.9 Å². The van der Waals surface area contributed by atoms with E-state index in [1.54, 1.807) is 73.7 Å². The average molecular weight is 637 g/mol. The second kappa shape index (κ2) is 18.5. The lowest BCUT2D eigenvalue weighted by Gasteiger charge is -2.13. The fraction of sp³-hybridized carbons (Fsp3) is 0.353. The summed E-state index contributed by atoms with van der Waals surface area (Å²) < 4.78 is 30.0. The first kappa shape index (κ1) is 35.2. The van der Waals surface area contributed by atoms with Crippen molar-refractivity contribution in [2.24, 2.45) is 0 Å². The van der Waals surface area contributed by atoms with Crippen LogP contribution in [0.4, 0.5) is 0 Å². The molecule has 0 N–H and O–H groups in total. The molecule has 0 heterocycles. The number of unbranched alkanes of at least 4 members (excludes halogenated alkanes) is 2. The number of carbonyl (C=O) groups is 6. The standard InChI is InChI=1S/C34H36O12/c1-3-4-8-17-41-31(37)20-44-34(40)23(2)24-11-12-26-19-28(14-13-25(26)18-24)46-33(39)22-43-30(36)16-15-29(35)42-21-32(38)45-27-9-6-5-7-10-27/h5-7,9-14,18-19,23H,3-4,8,15-17,20-22H2,1-2H3. The molecule has 0 aliphatic carbocycles. The van der Waals surface area contributed by atoms with E-state index in [4.69, 9.17) is 28.4 Å². The minimum Gasteiger partial charge on any atom is -0.463 e. The maximum absolute atomic E-state index is 12.5. The number of hydrogen-bond donors (Lipinski definition) is 0. The summed E-state index contributed by atoms with van der Waals surface area (Å²) in [7, 11) is 0. The molecule has 0 fully saturated rings. The summed E-state index contributed by atoms with van der Waals surface area (Å²) in [5.74, 6) is -4.54. The van der Waals surface area contributed by atoms with Crippen LogP contribution in [0.25, 0.3) is 10.8 Å². The highest BCUT2D eigenvalue weighted by atomic mass is 16.6. The van der Waals surface area contributed by atoms with Crippen molar-refractivity contribution in [2.45, 2.75) is 51.9 Å². The molecule has 0 aliphatic rings. The third-order valence-electron chi connectivity index (χ3n) is 6.47. The molecule has 3 aromatic carbocycles. The third-order valence-corrected chi connectivity index (χ3v) is 6.47. The molecule has 3 aromatic rings. The minimum absolute atomic E-state index is 0.206. The van der Waals surface area contributed by atoms with Crippen LogP contribution in [-0.4, -0.2) is 62.2 Å². The molecule has 46 heavy (non-hydrogen) atoms. The first-order valence-electron chi connectivity index (χ1n) is 14.8. The van der Waals surface area contributed by atoms with Crippen LogP contribution in [-0.2, 0) is 47.7 Å². The van der Waals surface area contributed by atoms with Crippen molar-refractivity contribution >= 4 is 46.6 Å². The van der Waals surface area contributed by atoms with Crippen LogP contribution in [0.5, 0.6) is 11.5 Å². The van der Waals surface area contributed by atoms with Crippen LogP contribution in [0.3, 0.4) is 0 Å². The molecule has 0 aliphatic heterocycles. The van der Waals surface area contributed by atoms with Gasteiger partial charge in [0.2, 0.25) is 0 Å². The van der Waals surface area contributed by atoms with Gasteiger partial charge in [-0.25, -0.2) is 14.4 Å². The van der Waals surface area contributed by atoms with Gasteiger partial charge < -0.3 is 28.4 Å². The number of esters is 6. The molecular weight excluding hydrogens is 600 g/mol. The highest BCUT2D eigenvalue weighted by Gasteiger charge is 2.19. The lowest BCUT2D eigenvalue weighted by Crippen LogP contribution is -2.21. The molecule has 0 saturated heterocycles. The maximum atomic E-state index is 12.5. The Kier molecular flexibility index (Phi) is 14.2. The van der Waals surface area contributed by atoms with Gasteiger partial charge in [0.1, 0.15) is 11.5 Å². The number of para-hydroxylation sites is 1. The summed E-state index contributed by atoms with van der Waals surface area (Å²) in [5.41, 5.74) is 0.668. The van der Waals surface area contributed by atoms with Crippen LogP contribution in [0, 0.1) is 0 Å². The quantitative estimate of drug-likeness (QED) is 0.0879. The van der Waals surface area contributed by atoms with E-state index in [9.17, 15) is 28.8 Å². The van der Waals surface area contributed by atoms with Gasteiger partial charge in [-0.15, -0.1) is 0 Å². The fourth-order valence-electron chi connectivity index (χ4n) is 3.98. The van der Waals surface area contributed by atoms with Crippen LogP contribution >= 0.6 is 0 Å². The van der Waals surface area contributed by atoms with E-state index in [-0.39, 0.29) is 18.6 Å². The molecular formula is C34H36O12. The molecule has 0 bridgehead atoms. The molecule has 0 radical (unpaired) electrons. The van der Waals surface area contributed by atoms with Crippen LogP contribution in [0.1, 0.15) is 57.4 Å². The van der Waals surface area contributed by atoms with E-state index in [1.807, 2.05) is 6.92 Å². The lowest BCUT2D eigenvalue weighted by molar-refractivity contribution is -0.159. The smallest absolute Gasteiger partial charge is 0.349 e. The van der Waals surface area contributed by atoms with Crippen LogP contribution < -0.4 is 9.47 Å². The Labute approximate surface area is 265 Å². The number of hydrogen-bond acceptors (Lipinski definition) is 12. The van der Waals surface area contributed by atoms with Gasteiger partial charge in [0.05, 0.1) is 25.4 Å². The lowest BCUT2D eigenvalue weighted by atomic mass is 9.98. The third kappa shape index (κ3) is 12.4. The van der Waals surface area contributed by atoms with Gasteiger partial charge in [-0.2, -0.15) is 0 Å². The number of fused-ring (bicyclic) bond motifs is 1. The van der Waals surface area contributed by atoms with Crippen molar-refractivity contribution < 1.29 is 57.2 Å². The molecule has 12 nitrogen and oxygen atoms in total. The summed E-state index contributed by atoms with van der Waals surface area (Å²) in [4.78, 5) is 71.9. The minimum atomic E-state index is -0.837. The molecule has 1 unspecified atom stereocenters. The molecule has 3 rings (SSSR count). The SMILES string of the molecule is CCCCCOC(=O)COC(=O)C(C)c1ccc2cc(OC(=O)COC(=O)CCC(=O)OCC(=O)Oc3ccccc3)ccc2c1. The first-order chi connectivity index (χ1) is 22.1. The predicted molar refractivity (Wildman–Crippen MR) is 163 cm³/mol. The van der Waals surface area contributed by atoms with Crippen molar-refractivity contribution in [3.05, 3.63) is 72.3 Å². The molecule has 0 aromatic heterocycles. The van der Waals surface area contributed by atoms with E-state index in [2.05, 4.69) is 0 Å². The Morgan fingerprint density at radius 2 is 1.17 bits per heavy atom. The van der Waals surface area contributed by atoms with E-state index in [1.165, 1.54) is 0 Å². The average Bonchev–Trinajstić information content (AvgIpc) is 3.06. The molecule has 1 atom stereocenters. The highest BCUT2D eigenvalue weighted by molar-refractivity contribution is 5.88. The van der Waals surface area contributed by atoms with E-state index in [0.717, 1.165) is 24.6 Å². The largest absolute Gasteiger partial charge is 0.463 e. The fourth-order valence-corrected chi connectivity index (χ4v) is 3.98. The second-order valence-electron chi connectivity index (χ2n) is 10.1. The summed E-state index contributed by atoms with van der Waals surface area (Å²) in [6, 6.07) is 18.3. The summed E-state index contributed by atoms with van der Waals surface area (Å²) in [6.45, 7) is 2.25. The zero-order valence-electron chi connectivity index (χ0n) is 25.7. The van der Waals surface area contributed by atoms with Gasteiger partial charge in [0.15, 0.2) is 19.8 Å². The van der Waals surface area contributed by atoms with Gasteiger partial charge in [-0.1, -0.05) is 62.2 Å². The first-order valence-corrected chi connectivity index (χ1v) is 14.8. The molecule has 12 heteroatoms. The van der Waals surface area contributed by atoms with Crippen LogP contribution in [0.15, 0.2) is 66.7 Å². The Bertz CT molecular complexity index is 1520. The topological polar surface area (TPSA) is 158 Å². The number of rotatable bonds is 17. The van der Waals surface area contributed by atoms with E-state index >= 15 is 0 Å². The molecule has 0 saturated carbocycles. The van der Waals surface area contributed by atoms with E-state index in [0.29, 0.717) is 23.3 Å². The predicted octanol–water partition coefficient (Wildman–Crippen LogP) is 4.60. The normalized spacial score (nSPS) is 11.2. The maximum Gasteiger partial charge on any atom is 0.349 e. The second-order valence-corrected chi connectivity index (χ2v) is 10.1. The number of ether oxygens (including phenoxy) is 6. The van der Waals surface area contributed by atoms with Crippen molar-refractivity contribution in [1.82, 2.24) is 0 Å². The Hall–Kier alpha value is -5.26. The van der Waals surface area contributed by atoms with Gasteiger partial charge in [-0.3, -0.25) is 14.4 Å². The Morgan fingerprint density at radius 1 is 0.587 bits per heavy atom. The zero-order valence-corrected chi connectivity index (χ0v) is 25.7. The Balaban J connectivity index is 1.37. The number of carbonyl (C=O) groups excluding carboxylic acids is 6. The van der Waals surface area contributed by atoms with Crippen molar-refractivity contribution in [1.29, 1.82) is 0 Å². The number of benzene rings is 3. The Morgan fingerprint density at radius 3 is 1.83 bits per heavy atom. The van der Waals surface area contributed by atoms with Crippen molar-refractivity contribution in [3.63, 3.8) is 0 Å². The molecule has 0 amide bonds. The summed E-state index contributed by atoms with van der Waals surface area (Å²) in [6.07, 6.45) is 1.99. The summed E-state index contributed by atoms with van der Waals surface area (Å²) >= 11 is 0.